The van der Waals surface area contributed by atoms with Crippen LogP contribution in [0.5, 0.6) is 0 Å². The first-order chi connectivity index (χ1) is 10.3. The van der Waals surface area contributed by atoms with E-state index >= 15 is 0 Å². The molecule has 0 aliphatic carbocycles. The molecule has 0 rings (SSSR count). The van der Waals surface area contributed by atoms with Crippen molar-refractivity contribution in [1.29, 1.82) is 0 Å². The second-order valence-electron chi connectivity index (χ2n) is 4.37. The monoisotopic (exact) mass is 335 g/mol. The van der Waals surface area contributed by atoms with Gasteiger partial charge in [-0.1, -0.05) is 6.92 Å². The highest BCUT2D eigenvalue weighted by Crippen LogP contribution is 2.04. The second-order valence-corrected chi connectivity index (χ2v) is 5.69. The Kier molecular flexibility index (Phi) is 9.96. The lowest BCUT2D eigenvalue weighted by Gasteiger charge is -2.17. The Labute approximate surface area is 132 Å². The topological polar surface area (TPSA) is 159 Å². The average molecular weight is 335 g/mol. The van der Waals surface area contributed by atoms with Crippen molar-refractivity contribution in [1.82, 2.24) is 10.6 Å². The van der Waals surface area contributed by atoms with Gasteiger partial charge in [0.2, 0.25) is 11.8 Å². The molecule has 0 fully saturated rings. The van der Waals surface area contributed by atoms with E-state index < -0.39 is 42.4 Å². The van der Waals surface area contributed by atoms with E-state index in [1.54, 1.807) is 0 Å². The number of thioether (sulfide) groups is 1. The lowest BCUT2D eigenvalue weighted by atomic mass is 10.1. The second kappa shape index (κ2) is 10.9. The molecule has 0 unspecified atom stereocenters. The first-order valence-corrected chi connectivity index (χ1v) is 7.78. The zero-order valence-corrected chi connectivity index (χ0v) is 13.0. The first kappa shape index (κ1) is 20.2. The summed E-state index contributed by atoms with van der Waals surface area (Å²) in [7, 11) is 0. The summed E-state index contributed by atoms with van der Waals surface area (Å²) in [6, 6.07) is -2.02. The number of carboxylic acids is 2. The molecule has 10 heteroatoms. The predicted octanol–water partition coefficient (Wildman–Crippen LogP) is -1.38. The van der Waals surface area contributed by atoms with E-state index in [1.807, 2.05) is 6.92 Å². The molecule has 0 bridgehead atoms. The largest absolute Gasteiger partial charge is 0.480 e. The van der Waals surface area contributed by atoms with Crippen LogP contribution in [0.4, 0.5) is 0 Å². The maximum atomic E-state index is 11.8. The SMILES string of the molecule is CCSC[C@@H](NC(=O)CC[C@H](N)C(=O)O)C(=O)NCC(=O)O. The van der Waals surface area contributed by atoms with Crippen molar-refractivity contribution in [3.8, 4) is 0 Å². The van der Waals surface area contributed by atoms with E-state index in [9.17, 15) is 19.2 Å². The van der Waals surface area contributed by atoms with Gasteiger partial charge in [0, 0.05) is 12.2 Å². The number of nitrogens with two attached hydrogens (primary N) is 1. The first-order valence-electron chi connectivity index (χ1n) is 6.62. The quantitative estimate of drug-likeness (QED) is 0.309. The molecule has 0 aliphatic rings. The summed E-state index contributed by atoms with van der Waals surface area (Å²) in [5.74, 6) is -2.48. The van der Waals surface area contributed by atoms with E-state index in [4.69, 9.17) is 15.9 Å². The Morgan fingerprint density at radius 2 is 1.86 bits per heavy atom. The van der Waals surface area contributed by atoms with Gasteiger partial charge < -0.3 is 26.6 Å². The Morgan fingerprint density at radius 3 is 2.36 bits per heavy atom. The molecular formula is C12H21N3O6S. The number of carbonyl (C=O) groups excluding carboxylic acids is 2. The minimum absolute atomic E-state index is 0.0500. The Morgan fingerprint density at radius 1 is 1.23 bits per heavy atom. The normalized spacial score (nSPS) is 13.0. The Bertz CT molecular complexity index is 418. The van der Waals surface area contributed by atoms with E-state index in [-0.39, 0.29) is 12.8 Å². The molecular weight excluding hydrogens is 314 g/mol. The van der Waals surface area contributed by atoms with Gasteiger partial charge in [-0.3, -0.25) is 19.2 Å². The van der Waals surface area contributed by atoms with Gasteiger partial charge in [-0.15, -0.1) is 0 Å². The summed E-state index contributed by atoms with van der Waals surface area (Å²) in [5.41, 5.74) is 5.29. The molecule has 2 amide bonds. The number of carboxylic acid groups (broad SMARTS) is 2. The van der Waals surface area contributed by atoms with Crippen LogP contribution in [0.15, 0.2) is 0 Å². The molecule has 0 radical (unpaired) electrons. The van der Waals surface area contributed by atoms with Crippen molar-refractivity contribution in [2.45, 2.75) is 31.8 Å². The van der Waals surface area contributed by atoms with Gasteiger partial charge in [-0.25, -0.2) is 0 Å². The van der Waals surface area contributed by atoms with Crippen LogP contribution in [-0.2, 0) is 19.2 Å². The summed E-state index contributed by atoms with van der Waals surface area (Å²) in [5, 5.41) is 21.8. The Balaban J connectivity index is 4.43. The molecule has 0 saturated heterocycles. The molecule has 0 aromatic heterocycles. The minimum atomic E-state index is -1.20. The fourth-order valence-electron chi connectivity index (χ4n) is 1.38. The average Bonchev–Trinajstić information content (AvgIpc) is 2.46. The third kappa shape index (κ3) is 9.19. The summed E-state index contributed by atoms with van der Waals surface area (Å²) < 4.78 is 0. The number of hydrogen-bond donors (Lipinski definition) is 5. The molecule has 2 atom stereocenters. The van der Waals surface area contributed by atoms with Crippen molar-refractivity contribution >= 4 is 35.5 Å². The van der Waals surface area contributed by atoms with E-state index in [0.29, 0.717) is 5.75 Å². The molecule has 0 aromatic carbocycles. The summed E-state index contributed by atoms with van der Waals surface area (Å²) in [6.07, 6.45) is -0.182. The molecule has 126 valence electrons. The van der Waals surface area contributed by atoms with Gasteiger partial charge in [0.15, 0.2) is 0 Å². The van der Waals surface area contributed by atoms with Gasteiger partial charge >= 0.3 is 11.9 Å². The van der Waals surface area contributed by atoms with E-state index in [0.717, 1.165) is 5.75 Å². The van der Waals surface area contributed by atoms with Gasteiger partial charge in [-0.2, -0.15) is 11.8 Å². The maximum Gasteiger partial charge on any atom is 0.322 e. The highest BCUT2D eigenvalue weighted by atomic mass is 32.2. The van der Waals surface area contributed by atoms with Crippen LogP contribution in [0.2, 0.25) is 0 Å². The van der Waals surface area contributed by atoms with Crippen molar-refractivity contribution < 1.29 is 29.4 Å². The van der Waals surface area contributed by atoms with Crippen LogP contribution in [0.25, 0.3) is 0 Å². The standard InChI is InChI=1S/C12H21N3O6S/c1-2-22-6-8(11(19)14-5-10(17)18)15-9(16)4-3-7(13)12(20)21/h7-8H,2-6,13H2,1H3,(H,14,19)(H,15,16)(H,17,18)(H,20,21)/t7-,8+/m0/s1. The van der Waals surface area contributed by atoms with Crippen molar-refractivity contribution in [3.05, 3.63) is 0 Å². The van der Waals surface area contributed by atoms with Crippen molar-refractivity contribution in [2.24, 2.45) is 5.73 Å². The van der Waals surface area contributed by atoms with Gasteiger partial charge in [0.1, 0.15) is 18.6 Å². The molecule has 0 spiro atoms. The molecule has 9 nitrogen and oxygen atoms in total. The van der Waals surface area contributed by atoms with Crippen molar-refractivity contribution in [2.75, 3.05) is 18.1 Å². The summed E-state index contributed by atoms with van der Waals surface area (Å²) in [6.45, 7) is 1.34. The molecule has 0 saturated carbocycles. The number of amides is 2. The maximum absolute atomic E-state index is 11.8. The Hall–Kier alpha value is -1.81. The lowest BCUT2D eigenvalue weighted by Crippen LogP contribution is -2.49. The van der Waals surface area contributed by atoms with E-state index in [1.165, 1.54) is 11.8 Å². The zero-order chi connectivity index (χ0) is 17.1. The molecule has 0 heterocycles. The van der Waals surface area contributed by atoms with Crippen LogP contribution < -0.4 is 16.4 Å². The smallest absolute Gasteiger partial charge is 0.322 e. The molecule has 6 N–H and O–H groups in total. The minimum Gasteiger partial charge on any atom is -0.480 e. The fraction of sp³-hybridized carbons (Fsp3) is 0.667. The van der Waals surface area contributed by atoms with Crippen molar-refractivity contribution in [3.63, 3.8) is 0 Å². The summed E-state index contributed by atoms with van der Waals surface area (Å²) in [4.78, 5) is 44.5. The number of hydrogen-bond acceptors (Lipinski definition) is 6. The molecule has 0 aliphatic heterocycles. The van der Waals surface area contributed by atoms with Gasteiger partial charge in [0.05, 0.1) is 0 Å². The predicted molar refractivity (Wildman–Crippen MR) is 80.4 cm³/mol. The highest BCUT2D eigenvalue weighted by Gasteiger charge is 2.22. The third-order valence-corrected chi connectivity index (χ3v) is 3.53. The van der Waals surface area contributed by atoms with Gasteiger partial charge in [-0.05, 0) is 12.2 Å². The van der Waals surface area contributed by atoms with Crippen LogP contribution in [-0.4, -0.2) is 64.1 Å². The molecule has 22 heavy (non-hydrogen) atoms. The number of aliphatic carboxylic acids is 2. The van der Waals surface area contributed by atoms with E-state index in [2.05, 4.69) is 10.6 Å². The number of rotatable bonds is 11. The van der Waals surface area contributed by atoms with Crippen LogP contribution in [0.1, 0.15) is 19.8 Å². The number of nitrogens with one attached hydrogen (secondary N) is 2. The van der Waals surface area contributed by atoms with Crippen LogP contribution in [0.3, 0.4) is 0 Å². The van der Waals surface area contributed by atoms with Gasteiger partial charge in [0.25, 0.3) is 0 Å². The lowest BCUT2D eigenvalue weighted by molar-refractivity contribution is -0.139. The fourth-order valence-corrected chi connectivity index (χ4v) is 2.09. The third-order valence-electron chi connectivity index (χ3n) is 2.55. The molecule has 0 aromatic rings. The zero-order valence-electron chi connectivity index (χ0n) is 12.2. The highest BCUT2D eigenvalue weighted by molar-refractivity contribution is 7.99. The van der Waals surface area contributed by atoms with Crippen LogP contribution in [0, 0.1) is 0 Å². The van der Waals surface area contributed by atoms with Crippen LogP contribution >= 0.6 is 11.8 Å². The number of carbonyl (C=O) groups is 4. The summed E-state index contributed by atoms with van der Waals surface area (Å²) >= 11 is 1.41.